The maximum atomic E-state index is 12.0. The minimum Gasteiger partial charge on any atom is -0.335 e. The first-order chi connectivity index (χ1) is 11.5. The summed E-state index contributed by atoms with van der Waals surface area (Å²) in [7, 11) is 0. The largest absolute Gasteiger partial charge is 0.335 e. The Morgan fingerprint density at radius 2 is 1.92 bits per heavy atom. The molecule has 1 aromatic heterocycles. The van der Waals surface area contributed by atoms with E-state index in [0.717, 1.165) is 27.3 Å². The average Bonchev–Trinajstić information content (AvgIpc) is 2.98. The van der Waals surface area contributed by atoms with Crippen LogP contribution >= 0.6 is 34.9 Å². The zero-order chi connectivity index (χ0) is 17.5. The molecule has 1 aliphatic carbocycles. The number of hydrogen-bond donors (Lipinski definition) is 2. The second-order valence-corrected chi connectivity index (χ2v) is 9.66. The molecule has 9 heteroatoms. The van der Waals surface area contributed by atoms with Crippen molar-refractivity contribution >= 4 is 46.8 Å². The number of hydrogen-bond acceptors (Lipinski definition) is 7. The second kappa shape index (κ2) is 9.62. The van der Waals surface area contributed by atoms with Crippen molar-refractivity contribution in [3.63, 3.8) is 0 Å². The molecule has 0 radical (unpaired) electrons. The van der Waals surface area contributed by atoms with Gasteiger partial charge in [-0.2, -0.15) is 0 Å². The lowest BCUT2D eigenvalue weighted by Gasteiger charge is -2.34. The summed E-state index contributed by atoms with van der Waals surface area (Å²) < 4.78 is 1.65. The fourth-order valence-corrected chi connectivity index (χ4v) is 5.43. The van der Waals surface area contributed by atoms with Crippen LogP contribution in [0, 0.1) is 11.8 Å². The molecule has 3 unspecified atom stereocenters. The monoisotopic (exact) mass is 388 g/mol. The van der Waals surface area contributed by atoms with Crippen LogP contribution in [0.5, 0.6) is 0 Å². The molecule has 1 aromatic rings. The lowest BCUT2D eigenvalue weighted by Crippen LogP contribution is -2.49. The van der Waals surface area contributed by atoms with E-state index in [1.165, 1.54) is 29.5 Å². The molecule has 1 fully saturated rings. The van der Waals surface area contributed by atoms with Gasteiger partial charge in [-0.15, -0.1) is 10.2 Å². The van der Waals surface area contributed by atoms with Gasteiger partial charge in [0.05, 0.1) is 5.75 Å². The Balaban J connectivity index is 1.72. The van der Waals surface area contributed by atoms with Crippen molar-refractivity contribution in [3.8, 4) is 0 Å². The van der Waals surface area contributed by atoms with Crippen LogP contribution in [0.15, 0.2) is 8.68 Å². The molecular weight excluding hydrogens is 364 g/mol. The van der Waals surface area contributed by atoms with Crippen LogP contribution in [0.1, 0.15) is 40.0 Å². The van der Waals surface area contributed by atoms with Gasteiger partial charge < -0.3 is 5.32 Å². The first-order valence-corrected chi connectivity index (χ1v) is 11.0. The molecule has 24 heavy (non-hydrogen) atoms. The fraction of sp³-hybridized carbons (Fsp3) is 0.733. The van der Waals surface area contributed by atoms with Gasteiger partial charge in [-0.25, -0.2) is 4.79 Å². The Morgan fingerprint density at radius 1 is 1.21 bits per heavy atom. The normalized spacial score (nSPS) is 23.7. The summed E-state index contributed by atoms with van der Waals surface area (Å²) in [6.07, 6.45) is 3.30. The van der Waals surface area contributed by atoms with Gasteiger partial charge in [-0.1, -0.05) is 68.5 Å². The Labute approximate surface area is 155 Å². The van der Waals surface area contributed by atoms with E-state index in [4.69, 9.17) is 0 Å². The van der Waals surface area contributed by atoms with Gasteiger partial charge in [0.1, 0.15) is 0 Å². The van der Waals surface area contributed by atoms with Crippen LogP contribution in [0.2, 0.25) is 0 Å². The van der Waals surface area contributed by atoms with Crippen LogP contribution in [-0.4, -0.2) is 39.7 Å². The van der Waals surface area contributed by atoms with Gasteiger partial charge in [0.15, 0.2) is 8.68 Å². The number of rotatable bonds is 6. The number of thioether (sulfide) groups is 2. The molecule has 0 aromatic carbocycles. The van der Waals surface area contributed by atoms with Crippen molar-refractivity contribution in [1.82, 2.24) is 20.8 Å². The smallest absolute Gasteiger partial charge is 0.321 e. The molecule has 3 amide bonds. The zero-order valence-electron chi connectivity index (χ0n) is 14.2. The molecule has 6 nitrogen and oxygen atoms in total. The predicted molar refractivity (Wildman–Crippen MR) is 99.7 cm³/mol. The molecule has 1 heterocycles. The maximum absolute atomic E-state index is 12.0. The van der Waals surface area contributed by atoms with Crippen molar-refractivity contribution < 1.29 is 9.59 Å². The number of nitrogens with zero attached hydrogens (tertiary/aromatic N) is 2. The molecule has 2 rings (SSSR count). The number of nitrogens with one attached hydrogen (secondary N) is 2. The molecule has 1 saturated carbocycles. The Kier molecular flexibility index (Phi) is 7.83. The summed E-state index contributed by atoms with van der Waals surface area (Å²) in [6.45, 7) is 6.43. The average molecular weight is 389 g/mol. The van der Waals surface area contributed by atoms with E-state index in [0.29, 0.717) is 11.8 Å². The third-order valence-electron chi connectivity index (χ3n) is 4.26. The Morgan fingerprint density at radius 3 is 2.62 bits per heavy atom. The number of carbonyl (C=O) groups excluding carboxylic acids is 2. The van der Waals surface area contributed by atoms with Crippen LogP contribution in [0.4, 0.5) is 4.79 Å². The summed E-state index contributed by atoms with van der Waals surface area (Å²) in [5.74, 6) is 1.83. The Bertz CT molecular complexity index is 567. The van der Waals surface area contributed by atoms with Crippen LogP contribution in [0.3, 0.4) is 0 Å². The lowest BCUT2D eigenvalue weighted by molar-refractivity contribution is -0.117. The van der Waals surface area contributed by atoms with Gasteiger partial charge >= 0.3 is 6.03 Å². The Hall–Kier alpha value is -0.800. The number of aromatic nitrogens is 2. The van der Waals surface area contributed by atoms with Crippen molar-refractivity contribution in [2.24, 2.45) is 11.8 Å². The van der Waals surface area contributed by atoms with E-state index in [9.17, 15) is 9.59 Å². The summed E-state index contributed by atoms with van der Waals surface area (Å²) in [4.78, 5) is 23.9. The van der Waals surface area contributed by atoms with Crippen molar-refractivity contribution in [3.05, 3.63) is 0 Å². The van der Waals surface area contributed by atoms with Crippen LogP contribution in [-0.2, 0) is 4.79 Å². The minimum absolute atomic E-state index is 0.144. The first kappa shape index (κ1) is 19.5. The highest BCUT2D eigenvalue weighted by atomic mass is 32.2. The summed E-state index contributed by atoms with van der Waals surface area (Å²) in [5, 5.41) is 13.4. The highest BCUT2D eigenvalue weighted by Gasteiger charge is 2.28. The molecule has 0 saturated heterocycles. The van der Waals surface area contributed by atoms with Gasteiger partial charge in [-0.3, -0.25) is 10.1 Å². The standard InChI is InChI=1S/C15H24N4O2S3/c1-4-22-14-18-19-15(24-14)23-8-12(20)17-13(21)16-11-7-5-6-9(2)10(11)3/h9-11H,4-8H2,1-3H3,(H2,16,17,20,21). The highest BCUT2D eigenvalue weighted by Crippen LogP contribution is 2.30. The summed E-state index contributed by atoms with van der Waals surface area (Å²) in [6, 6.07) is -0.253. The molecule has 1 aliphatic rings. The number of imide groups is 1. The van der Waals surface area contributed by atoms with Crippen molar-refractivity contribution in [2.45, 2.75) is 54.8 Å². The van der Waals surface area contributed by atoms with Crippen molar-refractivity contribution in [1.29, 1.82) is 0 Å². The molecular formula is C15H24N4O2S3. The van der Waals surface area contributed by atoms with Gasteiger partial charge in [0.2, 0.25) is 5.91 Å². The molecule has 3 atom stereocenters. The topological polar surface area (TPSA) is 84.0 Å². The molecule has 134 valence electrons. The maximum Gasteiger partial charge on any atom is 0.321 e. The van der Waals surface area contributed by atoms with Gasteiger partial charge in [0.25, 0.3) is 0 Å². The third-order valence-corrected chi connectivity index (χ3v) is 7.33. The first-order valence-electron chi connectivity index (χ1n) is 8.19. The molecule has 0 spiro atoms. The van der Waals surface area contributed by atoms with Crippen molar-refractivity contribution in [2.75, 3.05) is 11.5 Å². The summed E-state index contributed by atoms with van der Waals surface area (Å²) >= 11 is 4.40. The third kappa shape index (κ3) is 5.93. The van der Waals surface area contributed by atoms with E-state index in [1.807, 2.05) is 0 Å². The van der Waals surface area contributed by atoms with E-state index >= 15 is 0 Å². The summed E-state index contributed by atoms with van der Waals surface area (Å²) in [5.41, 5.74) is 0. The fourth-order valence-electron chi connectivity index (χ4n) is 2.72. The van der Waals surface area contributed by atoms with Gasteiger partial charge in [0, 0.05) is 6.04 Å². The SMILES string of the molecule is CCSc1nnc(SCC(=O)NC(=O)NC2CCCC(C)C2C)s1. The second-order valence-electron chi connectivity index (χ2n) is 5.95. The highest BCUT2D eigenvalue weighted by molar-refractivity contribution is 8.03. The van der Waals surface area contributed by atoms with Crippen LogP contribution in [0.25, 0.3) is 0 Å². The van der Waals surface area contributed by atoms with E-state index < -0.39 is 6.03 Å². The quantitative estimate of drug-likeness (QED) is 0.727. The number of carbonyl (C=O) groups is 2. The van der Waals surface area contributed by atoms with Crippen LogP contribution < -0.4 is 10.6 Å². The van der Waals surface area contributed by atoms with E-state index in [1.54, 1.807) is 11.8 Å². The predicted octanol–water partition coefficient (Wildman–Crippen LogP) is 3.39. The van der Waals surface area contributed by atoms with Gasteiger partial charge in [-0.05, 0) is 24.0 Å². The number of amides is 3. The zero-order valence-corrected chi connectivity index (χ0v) is 16.7. The molecule has 0 bridgehead atoms. The molecule has 0 aliphatic heterocycles. The van der Waals surface area contributed by atoms with E-state index in [2.05, 4.69) is 41.6 Å². The molecule has 2 N–H and O–H groups in total. The minimum atomic E-state index is -0.397. The lowest BCUT2D eigenvalue weighted by atomic mass is 9.78. The number of urea groups is 1. The van der Waals surface area contributed by atoms with E-state index in [-0.39, 0.29) is 17.7 Å².